The molecule has 1 heterocycles. The van der Waals surface area contributed by atoms with Crippen LogP contribution in [0.5, 0.6) is 0 Å². The van der Waals surface area contributed by atoms with E-state index in [1.54, 1.807) is 11.8 Å². The van der Waals surface area contributed by atoms with Crippen LogP contribution in [0, 0.1) is 0 Å². The fourth-order valence-corrected chi connectivity index (χ4v) is 2.62. The molecule has 0 spiro atoms. The van der Waals surface area contributed by atoms with Crippen molar-refractivity contribution in [3.63, 3.8) is 0 Å². The van der Waals surface area contributed by atoms with Crippen LogP contribution in [0.4, 0.5) is 0 Å². The van der Waals surface area contributed by atoms with Gasteiger partial charge >= 0.3 is 0 Å². The van der Waals surface area contributed by atoms with E-state index in [2.05, 4.69) is 16.9 Å². The van der Waals surface area contributed by atoms with Crippen molar-refractivity contribution in [2.24, 2.45) is 4.99 Å². The second-order valence-corrected chi connectivity index (χ2v) is 4.91. The van der Waals surface area contributed by atoms with Crippen LogP contribution < -0.4 is 5.32 Å². The first-order valence-corrected chi connectivity index (χ1v) is 5.83. The molecule has 2 rings (SSSR count). The highest BCUT2D eigenvalue weighted by Gasteiger charge is 2.17. The molecule has 2 aliphatic rings. The molecule has 0 saturated heterocycles. The standard InChI is InChI=1S/C10H16N2S/c1-8-7-11-10(13-8)12-9-5-3-2-4-6-9/h9H,1-7H2,(H,11,12). The molecule has 1 saturated carbocycles. The van der Waals surface area contributed by atoms with Crippen molar-refractivity contribution in [1.29, 1.82) is 0 Å². The molecule has 13 heavy (non-hydrogen) atoms. The lowest BCUT2D eigenvalue weighted by Crippen LogP contribution is -2.33. The normalized spacial score (nSPS) is 24.6. The zero-order valence-electron chi connectivity index (χ0n) is 7.88. The average Bonchev–Trinajstić information content (AvgIpc) is 2.53. The Bertz CT molecular complexity index is 229. The molecule has 72 valence electrons. The van der Waals surface area contributed by atoms with Crippen molar-refractivity contribution in [3.8, 4) is 0 Å². The van der Waals surface area contributed by atoms with Crippen molar-refractivity contribution in [2.45, 2.75) is 38.1 Å². The Kier molecular flexibility index (Phi) is 2.94. The summed E-state index contributed by atoms with van der Waals surface area (Å²) in [4.78, 5) is 5.54. The second kappa shape index (κ2) is 4.18. The summed E-state index contributed by atoms with van der Waals surface area (Å²) in [6.07, 6.45) is 6.77. The molecule has 0 unspecified atom stereocenters. The zero-order valence-corrected chi connectivity index (χ0v) is 8.70. The first-order valence-electron chi connectivity index (χ1n) is 5.01. The van der Waals surface area contributed by atoms with Crippen LogP contribution in [0.3, 0.4) is 0 Å². The van der Waals surface area contributed by atoms with Gasteiger partial charge in [-0.05, 0) is 12.8 Å². The molecule has 0 atom stereocenters. The summed E-state index contributed by atoms with van der Waals surface area (Å²) in [5, 5.41) is 4.59. The topological polar surface area (TPSA) is 24.4 Å². The summed E-state index contributed by atoms with van der Waals surface area (Å²) in [6.45, 7) is 4.71. The van der Waals surface area contributed by atoms with Gasteiger partial charge in [-0.25, -0.2) is 0 Å². The Morgan fingerprint density at radius 2 is 2.08 bits per heavy atom. The highest BCUT2D eigenvalue weighted by molar-refractivity contribution is 8.17. The highest BCUT2D eigenvalue weighted by atomic mass is 32.2. The summed E-state index contributed by atoms with van der Waals surface area (Å²) in [5.41, 5.74) is 0. The Morgan fingerprint density at radius 3 is 2.69 bits per heavy atom. The van der Waals surface area contributed by atoms with E-state index >= 15 is 0 Å². The Hall–Kier alpha value is -0.440. The van der Waals surface area contributed by atoms with Gasteiger partial charge in [0.05, 0.1) is 6.54 Å². The maximum Gasteiger partial charge on any atom is 0.161 e. The lowest BCUT2D eigenvalue weighted by molar-refractivity contribution is 0.415. The molecule has 0 bridgehead atoms. The van der Waals surface area contributed by atoms with Crippen LogP contribution in [-0.4, -0.2) is 17.8 Å². The number of aliphatic imine (C=N–C) groups is 1. The summed E-state index contributed by atoms with van der Waals surface area (Å²) in [7, 11) is 0. The monoisotopic (exact) mass is 196 g/mol. The van der Waals surface area contributed by atoms with E-state index in [1.165, 1.54) is 37.0 Å². The summed E-state index contributed by atoms with van der Waals surface area (Å²) < 4.78 is 0. The van der Waals surface area contributed by atoms with Gasteiger partial charge in [-0.2, -0.15) is 0 Å². The minimum absolute atomic E-state index is 0.672. The lowest BCUT2D eigenvalue weighted by Gasteiger charge is -2.23. The van der Waals surface area contributed by atoms with Gasteiger partial charge in [0, 0.05) is 10.9 Å². The molecule has 0 aromatic rings. The third-order valence-electron chi connectivity index (χ3n) is 2.57. The first kappa shape index (κ1) is 9.13. The summed E-state index contributed by atoms with van der Waals surface area (Å²) in [5.74, 6) is 0. The number of amidine groups is 1. The van der Waals surface area contributed by atoms with Crippen molar-refractivity contribution in [1.82, 2.24) is 5.32 Å². The van der Waals surface area contributed by atoms with E-state index in [0.29, 0.717) is 6.04 Å². The van der Waals surface area contributed by atoms with Crippen molar-refractivity contribution in [3.05, 3.63) is 11.5 Å². The van der Waals surface area contributed by atoms with Crippen LogP contribution in [0.1, 0.15) is 32.1 Å². The van der Waals surface area contributed by atoms with E-state index in [0.717, 1.165) is 11.7 Å². The summed E-state index contributed by atoms with van der Waals surface area (Å²) in [6, 6.07) is 0.672. The molecule has 3 heteroatoms. The number of thioether (sulfide) groups is 1. The van der Waals surface area contributed by atoms with Gasteiger partial charge in [0.25, 0.3) is 0 Å². The number of hydrogen-bond acceptors (Lipinski definition) is 3. The van der Waals surface area contributed by atoms with Gasteiger partial charge in [-0.3, -0.25) is 4.99 Å². The zero-order chi connectivity index (χ0) is 9.10. The number of rotatable bonds is 1. The molecular weight excluding hydrogens is 180 g/mol. The SMILES string of the molecule is C=C1CN=C(NC2CCCCC2)S1. The molecule has 1 N–H and O–H groups in total. The van der Waals surface area contributed by atoms with Crippen LogP contribution in [-0.2, 0) is 0 Å². The maximum atomic E-state index is 4.38. The minimum atomic E-state index is 0.672. The van der Waals surface area contributed by atoms with Gasteiger partial charge in [0.15, 0.2) is 5.17 Å². The quantitative estimate of drug-likeness (QED) is 0.697. The molecule has 2 nitrogen and oxygen atoms in total. The van der Waals surface area contributed by atoms with Crippen LogP contribution >= 0.6 is 11.8 Å². The van der Waals surface area contributed by atoms with E-state index in [1.807, 2.05) is 0 Å². The molecule has 1 aliphatic heterocycles. The third-order valence-corrected chi connectivity index (χ3v) is 3.43. The molecular formula is C10H16N2S. The van der Waals surface area contributed by atoms with Gasteiger partial charge in [-0.15, -0.1) is 0 Å². The fourth-order valence-electron chi connectivity index (χ4n) is 1.86. The van der Waals surface area contributed by atoms with Gasteiger partial charge < -0.3 is 5.32 Å². The Morgan fingerprint density at radius 1 is 1.31 bits per heavy atom. The smallest absolute Gasteiger partial charge is 0.161 e. The van der Waals surface area contributed by atoms with Gasteiger partial charge in [0.2, 0.25) is 0 Å². The molecule has 1 aliphatic carbocycles. The molecule has 0 amide bonds. The van der Waals surface area contributed by atoms with Gasteiger partial charge in [-0.1, -0.05) is 37.6 Å². The predicted molar refractivity (Wildman–Crippen MR) is 59.0 cm³/mol. The van der Waals surface area contributed by atoms with Crippen LogP contribution in [0.15, 0.2) is 16.5 Å². The van der Waals surface area contributed by atoms with Gasteiger partial charge in [0.1, 0.15) is 0 Å². The maximum absolute atomic E-state index is 4.38. The largest absolute Gasteiger partial charge is 0.362 e. The van der Waals surface area contributed by atoms with Crippen LogP contribution in [0.2, 0.25) is 0 Å². The highest BCUT2D eigenvalue weighted by Crippen LogP contribution is 2.24. The third kappa shape index (κ3) is 2.50. The van der Waals surface area contributed by atoms with E-state index in [-0.39, 0.29) is 0 Å². The summed E-state index contributed by atoms with van der Waals surface area (Å²) >= 11 is 1.70. The van der Waals surface area contributed by atoms with Crippen molar-refractivity contribution >= 4 is 16.9 Å². The van der Waals surface area contributed by atoms with Crippen LogP contribution in [0.25, 0.3) is 0 Å². The second-order valence-electron chi connectivity index (χ2n) is 3.74. The fraction of sp³-hybridized carbons (Fsp3) is 0.700. The molecule has 0 radical (unpaired) electrons. The van der Waals surface area contributed by atoms with E-state index in [9.17, 15) is 0 Å². The lowest BCUT2D eigenvalue weighted by atomic mass is 9.96. The number of nitrogens with zero attached hydrogens (tertiary/aromatic N) is 1. The Labute approximate surface area is 83.9 Å². The molecule has 0 aromatic heterocycles. The molecule has 1 fully saturated rings. The minimum Gasteiger partial charge on any atom is -0.362 e. The van der Waals surface area contributed by atoms with E-state index < -0.39 is 0 Å². The number of hydrogen-bond donors (Lipinski definition) is 1. The van der Waals surface area contributed by atoms with Crippen molar-refractivity contribution < 1.29 is 0 Å². The first-order chi connectivity index (χ1) is 6.34. The number of nitrogens with one attached hydrogen (secondary N) is 1. The predicted octanol–water partition coefficient (Wildman–Crippen LogP) is 2.53. The Balaban J connectivity index is 1.80. The molecule has 0 aromatic carbocycles. The average molecular weight is 196 g/mol. The van der Waals surface area contributed by atoms with Crippen molar-refractivity contribution in [2.75, 3.05) is 6.54 Å². The van der Waals surface area contributed by atoms with E-state index in [4.69, 9.17) is 0 Å².